The lowest BCUT2D eigenvalue weighted by Crippen LogP contribution is -2.10. The molecule has 6 aromatic carbocycles. The van der Waals surface area contributed by atoms with E-state index in [2.05, 4.69) is 27.7 Å². The third-order valence-electron chi connectivity index (χ3n) is 10.3. The van der Waals surface area contributed by atoms with Crippen LogP contribution in [0.3, 0.4) is 0 Å². The second-order valence-electron chi connectivity index (χ2n) is 16.0. The maximum atomic E-state index is 13.1. The molecular weight excluding hydrogens is 809 g/mol. The van der Waals surface area contributed by atoms with Crippen LogP contribution in [0.5, 0.6) is 34.5 Å². The highest BCUT2D eigenvalue weighted by atomic mass is 16.5. The topological polar surface area (TPSA) is 124 Å². The third-order valence-corrected chi connectivity index (χ3v) is 10.3. The van der Waals surface area contributed by atoms with E-state index in [1.54, 1.807) is 91.0 Å². The van der Waals surface area contributed by atoms with Gasteiger partial charge in [0, 0.05) is 0 Å². The Morgan fingerprint density at radius 1 is 0.406 bits per heavy atom. The smallest absolute Gasteiger partial charge is 0.343 e. The molecule has 0 aliphatic heterocycles. The van der Waals surface area contributed by atoms with E-state index >= 15 is 0 Å². The van der Waals surface area contributed by atoms with Crippen LogP contribution in [0.25, 0.3) is 11.1 Å². The normalized spacial score (nSPS) is 11.3. The second kappa shape index (κ2) is 23.3. The molecule has 0 fully saturated rings. The highest BCUT2D eigenvalue weighted by Gasteiger charge is 2.15. The predicted octanol–water partition coefficient (Wildman–Crippen LogP) is 12.6. The van der Waals surface area contributed by atoms with E-state index in [4.69, 9.17) is 28.4 Å². The van der Waals surface area contributed by atoms with Gasteiger partial charge < -0.3 is 28.4 Å². The zero-order valence-corrected chi connectivity index (χ0v) is 36.8. The average Bonchev–Trinajstić information content (AvgIpc) is 3.30. The summed E-state index contributed by atoms with van der Waals surface area (Å²) in [5.74, 6) is 1.76. The van der Waals surface area contributed by atoms with Crippen LogP contribution in [0.1, 0.15) is 108 Å². The fourth-order valence-corrected chi connectivity index (χ4v) is 6.55. The second-order valence-corrected chi connectivity index (χ2v) is 16.0. The minimum Gasteiger partial charge on any atom is -0.494 e. The first-order valence-corrected chi connectivity index (χ1v) is 21.8. The van der Waals surface area contributed by atoms with E-state index in [9.17, 15) is 19.2 Å². The molecule has 0 bridgehead atoms. The molecular formula is C54H54O10. The average molecular weight is 863 g/mol. The molecule has 0 saturated carbocycles. The first-order chi connectivity index (χ1) is 31.0. The molecule has 1 atom stereocenters. The molecule has 6 aromatic rings. The molecule has 0 unspecified atom stereocenters. The molecule has 0 aliphatic carbocycles. The monoisotopic (exact) mass is 862 g/mol. The van der Waals surface area contributed by atoms with E-state index < -0.39 is 23.9 Å². The zero-order valence-electron chi connectivity index (χ0n) is 36.8. The molecule has 10 nitrogen and oxygen atoms in total. The molecule has 0 radical (unpaired) electrons. The van der Waals surface area contributed by atoms with Crippen molar-refractivity contribution in [1.82, 2.24) is 0 Å². The number of rotatable bonds is 21. The van der Waals surface area contributed by atoms with Gasteiger partial charge in [-0.15, -0.1) is 0 Å². The minimum absolute atomic E-state index is 0.263. The van der Waals surface area contributed by atoms with E-state index in [0.717, 1.165) is 42.1 Å². The van der Waals surface area contributed by atoms with Gasteiger partial charge in [0.05, 0.1) is 35.5 Å². The van der Waals surface area contributed by atoms with Crippen LogP contribution < -0.4 is 28.4 Å². The van der Waals surface area contributed by atoms with Gasteiger partial charge in [-0.25, -0.2) is 19.2 Å². The highest BCUT2D eigenvalue weighted by molar-refractivity contribution is 5.94. The van der Waals surface area contributed by atoms with E-state index in [0.29, 0.717) is 53.1 Å². The Kier molecular flexibility index (Phi) is 16.9. The first-order valence-electron chi connectivity index (χ1n) is 21.8. The Labute approximate surface area is 375 Å². The SMILES string of the molecule is CCCCOc1ccc(C(=O)Oc2ccc(C(=O)Oc3ccc(-c4cccc(C(=O)Oc5ccc(C(=O)Oc6ccc(OCC[C@H](C)CCCC(C)C)cc6)cc5)c4)cc3)cc2)cc1. The predicted molar refractivity (Wildman–Crippen MR) is 246 cm³/mol. The summed E-state index contributed by atoms with van der Waals surface area (Å²) in [7, 11) is 0. The molecule has 6 rings (SSSR count). The number of hydrogen-bond donors (Lipinski definition) is 0. The van der Waals surface area contributed by atoms with Gasteiger partial charge in [0.2, 0.25) is 0 Å². The minimum atomic E-state index is -0.585. The van der Waals surface area contributed by atoms with Gasteiger partial charge in [-0.3, -0.25) is 0 Å². The van der Waals surface area contributed by atoms with Gasteiger partial charge in [0.1, 0.15) is 34.5 Å². The standard InChI is InChI=1S/C54H54O10/c1-5-6-34-59-45-21-15-40(16-22-45)51(55)62-48-25-17-41(18-26-48)52(56)61-47-23-13-39(14-24-47)43-11-8-12-44(36-43)54(58)64-49-27-19-42(20-28-49)53(57)63-50-31-29-46(30-32-50)60-35-33-38(4)10-7-9-37(2)3/h8,11-32,36-38H,5-7,9-10,33-35H2,1-4H3/t38-/m1/s1. The maximum Gasteiger partial charge on any atom is 0.343 e. The zero-order chi connectivity index (χ0) is 45.3. The molecule has 330 valence electrons. The lowest BCUT2D eigenvalue weighted by molar-refractivity contribution is 0.0720. The van der Waals surface area contributed by atoms with Crippen molar-refractivity contribution < 1.29 is 47.6 Å². The van der Waals surface area contributed by atoms with Crippen molar-refractivity contribution in [3.63, 3.8) is 0 Å². The number of hydrogen-bond acceptors (Lipinski definition) is 10. The van der Waals surface area contributed by atoms with Crippen LogP contribution in [0.4, 0.5) is 0 Å². The summed E-state index contributed by atoms with van der Waals surface area (Å²) in [6.07, 6.45) is 6.66. The van der Waals surface area contributed by atoms with Crippen molar-refractivity contribution in [3.8, 4) is 45.6 Å². The summed E-state index contributed by atoms with van der Waals surface area (Å²) in [5, 5.41) is 0. The molecule has 10 heteroatoms. The molecule has 0 heterocycles. The third kappa shape index (κ3) is 14.2. The van der Waals surface area contributed by atoms with Crippen molar-refractivity contribution in [2.24, 2.45) is 11.8 Å². The van der Waals surface area contributed by atoms with Crippen molar-refractivity contribution in [1.29, 1.82) is 0 Å². The summed E-state index contributed by atoms with van der Waals surface area (Å²) < 4.78 is 33.8. The largest absolute Gasteiger partial charge is 0.494 e. The lowest BCUT2D eigenvalue weighted by Gasteiger charge is -2.13. The Hall–Kier alpha value is -7.20. The van der Waals surface area contributed by atoms with Gasteiger partial charge in [0.25, 0.3) is 0 Å². The van der Waals surface area contributed by atoms with Crippen molar-refractivity contribution in [2.75, 3.05) is 13.2 Å². The van der Waals surface area contributed by atoms with Crippen molar-refractivity contribution >= 4 is 23.9 Å². The van der Waals surface area contributed by atoms with Gasteiger partial charge in [-0.05, 0) is 157 Å². The van der Waals surface area contributed by atoms with Crippen LogP contribution in [-0.2, 0) is 0 Å². The molecule has 0 aromatic heterocycles. The lowest BCUT2D eigenvalue weighted by atomic mass is 9.98. The Balaban J connectivity index is 0.944. The number of benzene rings is 6. The Morgan fingerprint density at radius 3 is 1.28 bits per heavy atom. The van der Waals surface area contributed by atoms with E-state index in [1.807, 2.05) is 6.07 Å². The summed E-state index contributed by atoms with van der Waals surface area (Å²) in [4.78, 5) is 51.5. The highest BCUT2D eigenvalue weighted by Crippen LogP contribution is 2.26. The van der Waals surface area contributed by atoms with Gasteiger partial charge in [-0.1, -0.05) is 77.6 Å². The van der Waals surface area contributed by atoms with Crippen molar-refractivity contribution in [3.05, 3.63) is 168 Å². The fraction of sp³-hybridized carbons (Fsp3) is 0.259. The van der Waals surface area contributed by atoms with Crippen LogP contribution in [0, 0.1) is 11.8 Å². The quantitative estimate of drug-likeness (QED) is 0.0392. The van der Waals surface area contributed by atoms with Crippen molar-refractivity contribution in [2.45, 2.75) is 66.2 Å². The molecule has 0 aliphatic rings. The Bertz CT molecular complexity index is 2440. The van der Waals surface area contributed by atoms with Gasteiger partial charge in [0.15, 0.2) is 0 Å². The summed E-state index contributed by atoms with van der Waals surface area (Å²) in [5.41, 5.74) is 2.78. The summed E-state index contributed by atoms with van der Waals surface area (Å²) in [6.45, 7) is 10.1. The van der Waals surface area contributed by atoms with Crippen LogP contribution >= 0.6 is 0 Å². The number of carbonyl (C=O) groups is 4. The van der Waals surface area contributed by atoms with E-state index in [-0.39, 0.29) is 17.1 Å². The van der Waals surface area contributed by atoms with Crippen LogP contribution in [0.2, 0.25) is 0 Å². The van der Waals surface area contributed by atoms with Gasteiger partial charge >= 0.3 is 23.9 Å². The van der Waals surface area contributed by atoms with Crippen LogP contribution in [0.15, 0.2) is 146 Å². The van der Waals surface area contributed by atoms with E-state index in [1.165, 1.54) is 67.8 Å². The molecule has 0 saturated heterocycles. The number of ether oxygens (including phenoxy) is 6. The fourth-order valence-electron chi connectivity index (χ4n) is 6.55. The molecule has 0 spiro atoms. The van der Waals surface area contributed by atoms with Crippen LogP contribution in [-0.4, -0.2) is 37.1 Å². The Morgan fingerprint density at radius 2 is 0.812 bits per heavy atom. The molecule has 0 N–H and O–H groups in total. The number of unbranched alkanes of at least 4 members (excludes halogenated alkanes) is 1. The first kappa shape index (κ1) is 46.3. The molecule has 64 heavy (non-hydrogen) atoms. The number of esters is 4. The summed E-state index contributed by atoms with van der Waals surface area (Å²) >= 11 is 0. The van der Waals surface area contributed by atoms with Gasteiger partial charge in [-0.2, -0.15) is 0 Å². The maximum absolute atomic E-state index is 13.1. The number of carbonyl (C=O) groups excluding carboxylic acids is 4. The summed E-state index contributed by atoms with van der Waals surface area (Å²) in [6, 6.07) is 39.8. The molecule has 0 amide bonds.